The van der Waals surface area contributed by atoms with Gasteiger partial charge in [0.2, 0.25) is 0 Å². The van der Waals surface area contributed by atoms with E-state index < -0.39 is 0 Å². The van der Waals surface area contributed by atoms with Crippen molar-refractivity contribution in [1.29, 1.82) is 0 Å². The fraction of sp³-hybridized carbons (Fsp3) is 0.769. The van der Waals surface area contributed by atoms with E-state index in [1.807, 2.05) is 11.3 Å². The summed E-state index contributed by atoms with van der Waals surface area (Å²) in [7, 11) is 0. The molecule has 1 aromatic rings. The first-order valence-electron chi connectivity index (χ1n) is 6.16. The normalized spacial score (nSPS) is 20.9. The average Bonchev–Trinajstić information content (AvgIpc) is 2.55. The minimum absolute atomic E-state index is 0.180. The second kappa shape index (κ2) is 4.46. The highest BCUT2D eigenvalue weighted by molar-refractivity contribution is 7.11. The molecule has 0 spiro atoms. The number of hydrogen-bond acceptors (Lipinski definition) is 3. The molecule has 0 saturated heterocycles. The molecule has 1 N–H and O–H groups in total. The molecule has 1 aliphatic rings. The van der Waals surface area contributed by atoms with E-state index in [0.717, 1.165) is 12.5 Å². The van der Waals surface area contributed by atoms with E-state index in [1.54, 1.807) is 0 Å². The highest BCUT2D eigenvalue weighted by Gasteiger charge is 2.20. The van der Waals surface area contributed by atoms with Gasteiger partial charge in [0.05, 0.1) is 5.69 Å². The molecular weight excluding hydrogens is 216 g/mol. The highest BCUT2D eigenvalue weighted by atomic mass is 32.1. The summed E-state index contributed by atoms with van der Waals surface area (Å²) in [5, 5.41) is 4.76. The number of hydrogen-bond donors (Lipinski definition) is 1. The molecule has 2 rings (SSSR count). The number of aryl methyl sites for hydroxylation is 1. The summed E-state index contributed by atoms with van der Waals surface area (Å²) in [6.07, 6.45) is 3.73. The first-order valence-corrected chi connectivity index (χ1v) is 6.98. The van der Waals surface area contributed by atoms with Gasteiger partial charge in [0.15, 0.2) is 0 Å². The molecule has 1 atom stereocenters. The zero-order valence-corrected chi connectivity index (χ0v) is 11.6. The van der Waals surface area contributed by atoms with Crippen molar-refractivity contribution in [2.24, 2.45) is 5.92 Å². The molecule has 3 heteroatoms. The number of rotatable bonds is 2. The molecule has 0 bridgehead atoms. The Labute approximate surface area is 102 Å². The van der Waals surface area contributed by atoms with E-state index in [2.05, 4.69) is 33.0 Å². The Balaban J connectivity index is 2.02. The molecule has 0 aliphatic heterocycles. The van der Waals surface area contributed by atoms with Crippen LogP contribution >= 0.6 is 11.3 Å². The molecular formula is C13H22N2S. The average molecular weight is 238 g/mol. The Kier molecular flexibility index (Phi) is 3.36. The number of nitrogens with zero attached hydrogens (tertiary/aromatic N) is 1. The van der Waals surface area contributed by atoms with Crippen LogP contribution in [0.3, 0.4) is 0 Å². The molecule has 1 aliphatic carbocycles. The Hall–Kier alpha value is -0.410. The van der Waals surface area contributed by atoms with Crippen LogP contribution in [0.4, 0.5) is 0 Å². The van der Waals surface area contributed by atoms with Gasteiger partial charge in [-0.3, -0.25) is 0 Å². The first-order chi connectivity index (χ1) is 7.44. The van der Waals surface area contributed by atoms with Crippen LogP contribution in [0.1, 0.15) is 49.7 Å². The van der Waals surface area contributed by atoms with Crippen LogP contribution in [0.25, 0.3) is 0 Å². The summed E-state index contributed by atoms with van der Waals surface area (Å²) < 4.78 is 0. The molecule has 2 nitrogen and oxygen atoms in total. The third kappa shape index (κ3) is 3.05. The lowest BCUT2D eigenvalue weighted by Gasteiger charge is -2.19. The lowest BCUT2D eigenvalue weighted by Crippen LogP contribution is -2.35. The van der Waals surface area contributed by atoms with E-state index in [1.165, 1.54) is 34.8 Å². The molecule has 16 heavy (non-hydrogen) atoms. The molecule has 0 saturated carbocycles. The summed E-state index contributed by atoms with van der Waals surface area (Å²) in [4.78, 5) is 6.28. The van der Waals surface area contributed by atoms with Crippen LogP contribution in [-0.4, -0.2) is 10.5 Å². The van der Waals surface area contributed by atoms with Gasteiger partial charge in [0, 0.05) is 17.0 Å². The maximum atomic E-state index is 4.74. The highest BCUT2D eigenvalue weighted by Crippen LogP contribution is 2.29. The van der Waals surface area contributed by atoms with Crippen molar-refractivity contribution in [3.05, 3.63) is 15.6 Å². The lowest BCUT2D eigenvalue weighted by atomic mass is 9.93. The van der Waals surface area contributed by atoms with Crippen molar-refractivity contribution in [1.82, 2.24) is 10.3 Å². The standard InChI is InChI=1S/C13H22N2S/c1-9-5-6-10-11(7-9)16-12(15-10)8-14-13(2,3)4/h9,14H,5-8H2,1-4H3. The fourth-order valence-electron chi connectivity index (χ4n) is 2.01. The number of aromatic nitrogens is 1. The van der Waals surface area contributed by atoms with Gasteiger partial charge in [-0.1, -0.05) is 6.92 Å². The smallest absolute Gasteiger partial charge is 0.107 e. The Morgan fingerprint density at radius 2 is 2.19 bits per heavy atom. The van der Waals surface area contributed by atoms with E-state index in [-0.39, 0.29) is 5.54 Å². The van der Waals surface area contributed by atoms with Gasteiger partial charge in [-0.15, -0.1) is 11.3 Å². The van der Waals surface area contributed by atoms with Crippen LogP contribution < -0.4 is 5.32 Å². The zero-order chi connectivity index (χ0) is 11.8. The van der Waals surface area contributed by atoms with Gasteiger partial charge in [-0.05, 0) is 46.0 Å². The minimum Gasteiger partial charge on any atom is -0.306 e. The first kappa shape index (κ1) is 12.1. The van der Waals surface area contributed by atoms with Crippen LogP contribution in [0.15, 0.2) is 0 Å². The van der Waals surface area contributed by atoms with Crippen molar-refractivity contribution in [2.75, 3.05) is 0 Å². The molecule has 0 aromatic carbocycles. The second-order valence-electron chi connectivity index (χ2n) is 5.93. The van der Waals surface area contributed by atoms with Crippen LogP contribution in [0, 0.1) is 5.92 Å². The van der Waals surface area contributed by atoms with Crippen molar-refractivity contribution in [3.8, 4) is 0 Å². The van der Waals surface area contributed by atoms with Crippen LogP contribution in [0.5, 0.6) is 0 Å². The quantitative estimate of drug-likeness (QED) is 0.856. The van der Waals surface area contributed by atoms with Crippen molar-refractivity contribution >= 4 is 11.3 Å². The topological polar surface area (TPSA) is 24.9 Å². The number of thiazole rings is 1. The van der Waals surface area contributed by atoms with Gasteiger partial charge < -0.3 is 5.32 Å². The number of nitrogens with one attached hydrogen (secondary N) is 1. The fourth-order valence-corrected chi connectivity index (χ4v) is 3.23. The third-order valence-corrected chi connectivity index (χ3v) is 4.12. The van der Waals surface area contributed by atoms with Gasteiger partial charge in [-0.2, -0.15) is 0 Å². The maximum Gasteiger partial charge on any atom is 0.107 e. The SMILES string of the molecule is CC1CCc2nc(CNC(C)(C)C)sc2C1. The molecule has 1 unspecified atom stereocenters. The van der Waals surface area contributed by atoms with Crippen molar-refractivity contribution in [3.63, 3.8) is 0 Å². The Bertz CT molecular complexity index is 362. The zero-order valence-electron chi connectivity index (χ0n) is 10.8. The molecule has 0 radical (unpaired) electrons. The summed E-state index contributed by atoms with van der Waals surface area (Å²) >= 11 is 1.91. The van der Waals surface area contributed by atoms with Gasteiger partial charge in [0.25, 0.3) is 0 Å². The Morgan fingerprint density at radius 3 is 2.88 bits per heavy atom. The molecule has 0 amide bonds. The summed E-state index contributed by atoms with van der Waals surface area (Å²) in [6, 6.07) is 0. The third-order valence-electron chi connectivity index (χ3n) is 3.00. The van der Waals surface area contributed by atoms with Gasteiger partial charge in [-0.25, -0.2) is 4.98 Å². The van der Waals surface area contributed by atoms with Crippen LogP contribution in [-0.2, 0) is 19.4 Å². The molecule has 1 heterocycles. The molecule has 1 aromatic heterocycles. The summed E-state index contributed by atoms with van der Waals surface area (Å²) in [5.74, 6) is 0.844. The summed E-state index contributed by atoms with van der Waals surface area (Å²) in [6.45, 7) is 9.85. The predicted molar refractivity (Wildman–Crippen MR) is 69.9 cm³/mol. The minimum atomic E-state index is 0.180. The Morgan fingerprint density at radius 1 is 1.44 bits per heavy atom. The molecule has 0 fully saturated rings. The van der Waals surface area contributed by atoms with Gasteiger partial charge >= 0.3 is 0 Å². The maximum absolute atomic E-state index is 4.74. The second-order valence-corrected chi connectivity index (χ2v) is 7.10. The van der Waals surface area contributed by atoms with E-state index >= 15 is 0 Å². The van der Waals surface area contributed by atoms with Gasteiger partial charge in [0.1, 0.15) is 5.01 Å². The lowest BCUT2D eigenvalue weighted by molar-refractivity contribution is 0.423. The molecule has 90 valence electrons. The van der Waals surface area contributed by atoms with Crippen molar-refractivity contribution < 1.29 is 0 Å². The van der Waals surface area contributed by atoms with Crippen LogP contribution in [0.2, 0.25) is 0 Å². The monoisotopic (exact) mass is 238 g/mol. The largest absolute Gasteiger partial charge is 0.306 e. The predicted octanol–water partition coefficient (Wildman–Crippen LogP) is 3.16. The van der Waals surface area contributed by atoms with E-state index in [9.17, 15) is 0 Å². The van der Waals surface area contributed by atoms with Crippen molar-refractivity contribution in [2.45, 2.75) is 59.0 Å². The van der Waals surface area contributed by atoms with E-state index in [0.29, 0.717) is 0 Å². The van der Waals surface area contributed by atoms with E-state index in [4.69, 9.17) is 4.98 Å². The number of fused-ring (bicyclic) bond motifs is 1. The summed E-state index contributed by atoms with van der Waals surface area (Å²) in [5.41, 5.74) is 1.55.